The van der Waals surface area contributed by atoms with Crippen LogP contribution in [-0.4, -0.2) is 33.9 Å². The molecule has 0 fully saturated rings. The number of hydrogen-bond acceptors (Lipinski definition) is 5. The number of hydrogen-bond donors (Lipinski definition) is 3. The number of alkyl halides is 3. The quantitative estimate of drug-likeness (QED) is 0.713. The molecular formula is C15H18F3NO5. The summed E-state index contributed by atoms with van der Waals surface area (Å²) in [6.45, 7) is 4.47. The lowest BCUT2D eigenvalue weighted by atomic mass is 9.84. The summed E-state index contributed by atoms with van der Waals surface area (Å²) in [5.41, 5.74) is 0.840. The fraction of sp³-hybridized carbons (Fsp3) is 0.467. The molecule has 9 heteroatoms. The lowest BCUT2D eigenvalue weighted by molar-refractivity contribution is -0.174. The van der Waals surface area contributed by atoms with Gasteiger partial charge in [-0.05, 0) is 38.5 Å². The molecule has 0 aliphatic carbocycles. The van der Waals surface area contributed by atoms with Crippen molar-refractivity contribution in [3.63, 3.8) is 0 Å². The summed E-state index contributed by atoms with van der Waals surface area (Å²) in [5, 5.41) is 18.8. The summed E-state index contributed by atoms with van der Waals surface area (Å²) in [7, 11) is 0. The number of rotatable bonds is 4. The number of aliphatic hydroxyl groups excluding tert-OH is 1. The summed E-state index contributed by atoms with van der Waals surface area (Å²) in [6.07, 6.45) is -7.03. The van der Waals surface area contributed by atoms with Crippen LogP contribution in [0, 0.1) is 0 Å². The van der Waals surface area contributed by atoms with E-state index < -0.39 is 40.9 Å². The van der Waals surface area contributed by atoms with E-state index in [0.29, 0.717) is 12.1 Å². The van der Waals surface area contributed by atoms with Crippen molar-refractivity contribution in [2.24, 2.45) is 5.73 Å². The number of carboxylic acid groups (broad SMARTS) is 1. The molecule has 4 N–H and O–H groups in total. The highest BCUT2D eigenvalue weighted by Crippen LogP contribution is 2.32. The smallest absolute Gasteiger partial charge is 0.416 e. The number of carboxylic acids is 1. The minimum absolute atomic E-state index is 0.320. The van der Waals surface area contributed by atoms with E-state index in [4.69, 9.17) is 15.6 Å². The second-order valence-electron chi connectivity index (χ2n) is 6.19. The van der Waals surface area contributed by atoms with Gasteiger partial charge in [-0.1, -0.05) is 12.1 Å². The van der Waals surface area contributed by atoms with Gasteiger partial charge in [-0.15, -0.1) is 0 Å². The molecule has 0 unspecified atom stereocenters. The molecule has 0 heterocycles. The number of benzene rings is 1. The van der Waals surface area contributed by atoms with Crippen molar-refractivity contribution in [2.45, 2.75) is 44.2 Å². The third-order valence-corrected chi connectivity index (χ3v) is 3.09. The van der Waals surface area contributed by atoms with Crippen molar-refractivity contribution in [3.8, 4) is 0 Å². The maximum Gasteiger partial charge on any atom is 0.416 e. The highest BCUT2D eigenvalue weighted by molar-refractivity contribution is 5.90. The van der Waals surface area contributed by atoms with Crippen LogP contribution in [0.15, 0.2) is 24.3 Å². The van der Waals surface area contributed by atoms with Gasteiger partial charge in [0.1, 0.15) is 5.60 Å². The van der Waals surface area contributed by atoms with Gasteiger partial charge in [-0.25, -0.2) is 9.59 Å². The second-order valence-corrected chi connectivity index (χ2v) is 6.19. The Hall–Kier alpha value is -2.13. The van der Waals surface area contributed by atoms with Gasteiger partial charge in [0.25, 0.3) is 0 Å². The standard InChI is InChI=1S/C15H18F3NO5/c1-13(2,3)24-12(23)14(19,10(20)11(21)22)8-4-6-9(7-5-8)15(16,17)18/h4-7,10,20H,19H2,1-3H3,(H,21,22)/t10-,14-/m0/s1. The molecule has 1 aromatic rings. The summed E-state index contributed by atoms with van der Waals surface area (Å²) >= 11 is 0. The van der Waals surface area contributed by atoms with Crippen LogP contribution in [0.4, 0.5) is 13.2 Å². The summed E-state index contributed by atoms with van der Waals surface area (Å²) in [4.78, 5) is 23.4. The van der Waals surface area contributed by atoms with Crippen LogP contribution in [0.5, 0.6) is 0 Å². The van der Waals surface area contributed by atoms with E-state index >= 15 is 0 Å². The van der Waals surface area contributed by atoms with Crippen molar-refractivity contribution >= 4 is 11.9 Å². The molecule has 0 aromatic heterocycles. The minimum Gasteiger partial charge on any atom is -0.479 e. The number of halogens is 3. The number of nitrogens with two attached hydrogens (primary N) is 1. The molecule has 0 saturated carbocycles. The van der Waals surface area contributed by atoms with E-state index in [-0.39, 0.29) is 5.56 Å². The molecule has 0 amide bonds. The van der Waals surface area contributed by atoms with Gasteiger partial charge in [-0.3, -0.25) is 0 Å². The highest BCUT2D eigenvalue weighted by atomic mass is 19.4. The second kappa shape index (κ2) is 6.40. The Kier molecular flexibility index (Phi) is 5.31. The first-order chi connectivity index (χ1) is 10.7. The zero-order chi connectivity index (χ0) is 18.9. The van der Waals surface area contributed by atoms with Crippen LogP contribution in [0.25, 0.3) is 0 Å². The van der Waals surface area contributed by atoms with Crippen LogP contribution < -0.4 is 5.73 Å². The number of aliphatic carboxylic acids is 1. The molecule has 1 rings (SSSR count). The Morgan fingerprint density at radius 1 is 1.08 bits per heavy atom. The van der Waals surface area contributed by atoms with Gasteiger partial charge in [-0.2, -0.15) is 13.2 Å². The Bertz CT molecular complexity index is 621. The van der Waals surface area contributed by atoms with Crippen molar-refractivity contribution in [1.82, 2.24) is 0 Å². The van der Waals surface area contributed by atoms with E-state index in [1.54, 1.807) is 0 Å². The molecule has 0 aliphatic heterocycles. The molecule has 2 atom stereocenters. The average Bonchev–Trinajstić information content (AvgIpc) is 2.42. The third kappa shape index (κ3) is 4.24. The van der Waals surface area contributed by atoms with Gasteiger partial charge in [0.05, 0.1) is 5.56 Å². The van der Waals surface area contributed by atoms with Crippen LogP contribution >= 0.6 is 0 Å². The Balaban J connectivity index is 3.38. The zero-order valence-corrected chi connectivity index (χ0v) is 13.2. The maximum atomic E-state index is 12.6. The number of ether oxygens (including phenoxy) is 1. The largest absolute Gasteiger partial charge is 0.479 e. The van der Waals surface area contributed by atoms with Gasteiger partial charge in [0, 0.05) is 0 Å². The third-order valence-electron chi connectivity index (χ3n) is 3.09. The summed E-state index contributed by atoms with van der Waals surface area (Å²) in [6, 6.07) is 2.93. The fourth-order valence-corrected chi connectivity index (χ4v) is 1.88. The number of carbonyl (C=O) groups is 2. The van der Waals surface area contributed by atoms with Crippen molar-refractivity contribution in [3.05, 3.63) is 35.4 Å². The summed E-state index contributed by atoms with van der Waals surface area (Å²) in [5.74, 6) is -3.09. The van der Waals surface area contributed by atoms with Crippen molar-refractivity contribution in [1.29, 1.82) is 0 Å². The predicted octanol–water partition coefficient (Wildman–Crippen LogP) is 1.65. The number of esters is 1. The molecule has 0 bridgehead atoms. The van der Waals surface area contributed by atoms with E-state index in [1.165, 1.54) is 20.8 Å². The Morgan fingerprint density at radius 2 is 1.50 bits per heavy atom. The summed E-state index contributed by atoms with van der Waals surface area (Å²) < 4.78 is 42.9. The van der Waals surface area contributed by atoms with E-state index in [1.807, 2.05) is 0 Å². The van der Waals surface area contributed by atoms with Crippen molar-refractivity contribution in [2.75, 3.05) is 0 Å². The maximum absolute atomic E-state index is 12.6. The van der Waals surface area contributed by atoms with E-state index in [0.717, 1.165) is 12.1 Å². The van der Waals surface area contributed by atoms with Gasteiger partial charge >= 0.3 is 18.1 Å². The van der Waals surface area contributed by atoms with E-state index in [2.05, 4.69) is 0 Å². The molecule has 24 heavy (non-hydrogen) atoms. The molecular weight excluding hydrogens is 331 g/mol. The molecule has 1 aromatic carbocycles. The zero-order valence-electron chi connectivity index (χ0n) is 13.2. The minimum atomic E-state index is -4.62. The number of carbonyl (C=O) groups excluding carboxylic acids is 1. The molecule has 6 nitrogen and oxygen atoms in total. The average molecular weight is 349 g/mol. The van der Waals surface area contributed by atoms with E-state index in [9.17, 15) is 27.9 Å². The van der Waals surface area contributed by atoms with Gasteiger partial charge in [0.15, 0.2) is 11.6 Å². The Morgan fingerprint density at radius 3 is 1.83 bits per heavy atom. The molecule has 0 saturated heterocycles. The molecule has 0 spiro atoms. The number of aliphatic hydroxyl groups is 1. The SMILES string of the molecule is CC(C)(C)OC(=O)[C@](N)(c1ccc(C(F)(F)F)cc1)[C@@H](O)C(=O)O. The van der Waals surface area contributed by atoms with Gasteiger partial charge < -0.3 is 20.7 Å². The first-order valence-corrected chi connectivity index (χ1v) is 6.80. The van der Waals surface area contributed by atoms with Crippen LogP contribution in [0.1, 0.15) is 31.9 Å². The van der Waals surface area contributed by atoms with Gasteiger partial charge in [0.2, 0.25) is 0 Å². The lowest BCUT2D eigenvalue weighted by Gasteiger charge is -2.33. The van der Waals surface area contributed by atoms with Crippen LogP contribution in [0.3, 0.4) is 0 Å². The Labute approximate surface area is 136 Å². The highest BCUT2D eigenvalue weighted by Gasteiger charge is 2.50. The lowest BCUT2D eigenvalue weighted by Crippen LogP contribution is -2.59. The topological polar surface area (TPSA) is 110 Å². The monoisotopic (exact) mass is 349 g/mol. The van der Waals surface area contributed by atoms with Crippen LogP contribution in [-0.2, 0) is 26.0 Å². The molecule has 0 radical (unpaired) electrons. The van der Waals surface area contributed by atoms with Crippen molar-refractivity contribution < 1.29 is 37.7 Å². The first-order valence-electron chi connectivity index (χ1n) is 6.80. The first kappa shape index (κ1) is 19.9. The normalized spacial score (nSPS) is 16.2. The molecule has 0 aliphatic rings. The molecule has 134 valence electrons. The fourth-order valence-electron chi connectivity index (χ4n) is 1.88. The van der Waals surface area contributed by atoms with Crippen LogP contribution in [0.2, 0.25) is 0 Å². The predicted molar refractivity (Wildman–Crippen MR) is 76.8 cm³/mol.